The van der Waals surface area contributed by atoms with Crippen molar-refractivity contribution in [3.05, 3.63) is 23.8 Å². The molecule has 0 saturated carbocycles. The van der Waals surface area contributed by atoms with Gasteiger partial charge in [0.15, 0.2) is 0 Å². The van der Waals surface area contributed by atoms with Gasteiger partial charge in [0.25, 0.3) is 5.91 Å². The monoisotopic (exact) mass is 265 g/mol. The van der Waals surface area contributed by atoms with Crippen molar-refractivity contribution in [1.29, 1.82) is 0 Å². The molecule has 0 aliphatic heterocycles. The summed E-state index contributed by atoms with van der Waals surface area (Å²) in [6.07, 6.45) is 0. The number of ether oxygens (including phenoxy) is 1. The topological polar surface area (TPSA) is 58.6 Å². The third-order valence-corrected chi connectivity index (χ3v) is 2.87. The molecule has 0 aliphatic carbocycles. The van der Waals surface area contributed by atoms with Crippen molar-refractivity contribution in [2.75, 3.05) is 12.4 Å². The number of benzene rings is 1. The molecule has 4 nitrogen and oxygen atoms in total. The molecule has 0 unspecified atom stereocenters. The van der Waals surface area contributed by atoms with Crippen molar-refractivity contribution in [3.8, 4) is 5.75 Å². The first-order chi connectivity index (χ1) is 8.55. The molecule has 1 amide bonds. The van der Waals surface area contributed by atoms with Crippen LogP contribution in [0.1, 0.15) is 40.2 Å². The van der Waals surface area contributed by atoms with Gasteiger partial charge in [-0.15, -0.1) is 0 Å². The van der Waals surface area contributed by atoms with Crippen molar-refractivity contribution < 1.29 is 14.6 Å². The van der Waals surface area contributed by atoms with E-state index in [-0.39, 0.29) is 5.41 Å². The summed E-state index contributed by atoms with van der Waals surface area (Å²) in [6.45, 7) is 9.17. The van der Waals surface area contributed by atoms with Gasteiger partial charge in [-0.25, -0.2) is 0 Å². The maximum absolute atomic E-state index is 11.8. The van der Waals surface area contributed by atoms with E-state index in [2.05, 4.69) is 26.1 Å². The normalized spacial score (nSPS) is 12.2. The highest BCUT2D eigenvalue weighted by atomic mass is 16.5. The molecule has 1 aromatic carbocycles. The molecule has 0 aromatic heterocycles. The van der Waals surface area contributed by atoms with E-state index >= 15 is 0 Å². The van der Waals surface area contributed by atoms with Gasteiger partial charge in [0.1, 0.15) is 11.4 Å². The van der Waals surface area contributed by atoms with E-state index in [0.29, 0.717) is 11.4 Å². The molecule has 0 atom stereocenters. The first-order valence-corrected chi connectivity index (χ1v) is 6.28. The third-order valence-electron chi connectivity index (χ3n) is 2.87. The molecular weight excluding hydrogens is 242 g/mol. The maximum Gasteiger partial charge on any atom is 0.255 e. The molecule has 0 fully saturated rings. The molecule has 0 heterocycles. The Kier molecular flexibility index (Phi) is 4.25. The quantitative estimate of drug-likeness (QED) is 0.883. The van der Waals surface area contributed by atoms with Gasteiger partial charge in [-0.3, -0.25) is 4.79 Å². The fourth-order valence-corrected chi connectivity index (χ4v) is 1.55. The first kappa shape index (κ1) is 15.5. The smallest absolute Gasteiger partial charge is 0.255 e. The van der Waals surface area contributed by atoms with Crippen LogP contribution >= 0.6 is 0 Å². The predicted octanol–water partition coefficient (Wildman–Crippen LogP) is 2.70. The molecule has 4 heteroatoms. The van der Waals surface area contributed by atoms with Crippen LogP contribution in [-0.2, 0) is 10.2 Å². The largest absolute Gasteiger partial charge is 0.495 e. The van der Waals surface area contributed by atoms with Crippen LogP contribution in [0.25, 0.3) is 0 Å². The van der Waals surface area contributed by atoms with Crippen molar-refractivity contribution >= 4 is 11.6 Å². The van der Waals surface area contributed by atoms with E-state index in [1.54, 1.807) is 7.11 Å². The highest BCUT2D eigenvalue weighted by Gasteiger charge is 2.25. The number of carbonyl (C=O) groups is 1. The van der Waals surface area contributed by atoms with Gasteiger partial charge in [0.2, 0.25) is 0 Å². The Hall–Kier alpha value is -1.55. The van der Waals surface area contributed by atoms with Crippen LogP contribution in [0.15, 0.2) is 18.2 Å². The van der Waals surface area contributed by atoms with Crippen LogP contribution in [-0.4, -0.2) is 23.7 Å². The summed E-state index contributed by atoms with van der Waals surface area (Å²) in [7, 11) is 1.55. The number of hydrogen-bond donors (Lipinski definition) is 2. The van der Waals surface area contributed by atoms with Crippen LogP contribution in [0, 0.1) is 0 Å². The first-order valence-electron chi connectivity index (χ1n) is 6.28. The van der Waals surface area contributed by atoms with Crippen LogP contribution in [0.2, 0.25) is 0 Å². The van der Waals surface area contributed by atoms with E-state index in [1.165, 1.54) is 13.8 Å². The molecule has 1 rings (SSSR count). The standard InChI is InChI=1S/C15H23NO3/c1-14(2,3)10-7-8-12(19-6)11(9-10)16-13(17)15(4,5)18/h7-9,18H,1-6H3,(H,16,17). The summed E-state index contributed by atoms with van der Waals surface area (Å²) in [6, 6.07) is 5.67. The summed E-state index contributed by atoms with van der Waals surface area (Å²) in [4.78, 5) is 11.8. The molecule has 106 valence electrons. The number of anilines is 1. The molecule has 0 radical (unpaired) electrons. The van der Waals surface area contributed by atoms with Gasteiger partial charge >= 0.3 is 0 Å². The van der Waals surface area contributed by atoms with Crippen LogP contribution in [0.5, 0.6) is 5.75 Å². The van der Waals surface area contributed by atoms with E-state index in [4.69, 9.17) is 4.74 Å². The van der Waals surface area contributed by atoms with Crippen LogP contribution in [0.3, 0.4) is 0 Å². The molecule has 19 heavy (non-hydrogen) atoms. The van der Waals surface area contributed by atoms with E-state index in [0.717, 1.165) is 5.56 Å². The molecule has 2 N–H and O–H groups in total. The predicted molar refractivity (Wildman–Crippen MR) is 76.6 cm³/mol. The minimum absolute atomic E-state index is 0.0273. The van der Waals surface area contributed by atoms with Crippen molar-refractivity contribution in [3.63, 3.8) is 0 Å². The number of amides is 1. The van der Waals surface area contributed by atoms with Crippen LogP contribution in [0.4, 0.5) is 5.69 Å². The summed E-state index contributed by atoms with van der Waals surface area (Å²) >= 11 is 0. The fourth-order valence-electron chi connectivity index (χ4n) is 1.55. The Bertz CT molecular complexity index is 467. The minimum Gasteiger partial charge on any atom is -0.495 e. The molecule has 0 spiro atoms. The fraction of sp³-hybridized carbons (Fsp3) is 0.533. The Morgan fingerprint density at radius 3 is 2.21 bits per heavy atom. The number of rotatable bonds is 3. The number of hydrogen-bond acceptors (Lipinski definition) is 3. The van der Waals surface area contributed by atoms with E-state index < -0.39 is 11.5 Å². The lowest BCUT2D eigenvalue weighted by Gasteiger charge is -2.22. The number of nitrogens with one attached hydrogen (secondary N) is 1. The Morgan fingerprint density at radius 1 is 1.21 bits per heavy atom. The summed E-state index contributed by atoms with van der Waals surface area (Å²) in [5.41, 5.74) is 0.199. The molecular formula is C15H23NO3. The Labute approximate surface area is 114 Å². The molecule has 0 saturated heterocycles. The van der Waals surface area contributed by atoms with E-state index in [9.17, 15) is 9.90 Å². The van der Waals surface area contributed by atoms with Gasteiger partial charge in [-0.2, -0.15) is 0 Å². The highest BCUT2D eigenvalue weighted by molar-refractivity contribution is 5.97. The SMILES string of the molecule is COc1ccc(C(C)(C)C)cc1NC(=O)C(C)(C)O. The van der Waals surface area contributed by atoms with Gasteiger partial charge in [0, 0.05) is 0 Å². The lowest BCUT2D eigenvalue weighted by atomic mass is 9.86. The second-order valence-electron chi connectivity index (χ2n) is 6.18. The van der Waals surface area contributed by atoms with Gasteiger partial charge < -0.3 is 15.2 Å². The lowest BCUT2D eigenvalue weighted by molar-refractivity contribution is -0.130. The van der Waals surface area contributed by atoms with E-state index in [1.807, 2.05) is 18.2 Å². The zero-order valence-electron chi connectivity index (χ0n) is 12.5. The zero-order valence-corrected chi connectivity index (χ0v) is 12.5. The Balaban J connectivity index is 3.14. The van der Waals surface area contributed by atoms with Gasteiger partial charge in [-0.1, -0.05) is 26.8 Å². The second-order valence-corrected chi connectivity index (χ2v) is 6.18. The summed E-state index contributed by atoms with van der Waals surface area (Å²) in [5.74, 6) is 0.113. The average Bonchev–Trinajstić information content (AvgIpc) is 2.26. The number of methoxy groups -OCH3 is 1. The second kappa shape index (κ2) is 5.21. The number of carbonyl (C=O) groups excluding carboxylic acids is 1. The lowest BCUT2D eigenvalue weighted by Crippen LogP contribution is -2.36. The molecule has 1 aromatic rings. The maximum atomic E-state index is 11.8. The number of aliphatic hydroxyl groups is 1. The average molecular weight is 265 g/mol. The van der Waals surface area contributed by atoms with Crippen LogP contribution < -0.4 is 10.1 Å². The Morgan fingerprint density at radius 2 is 1.79 bits per heavy atom. The zero-order chi connectivity index (χ0) is 14.8. The van der Waals surface area contributed by atoms with Gasteiger partial charge in [-0.05, 0) is 37.0 Å². The third kappa shape index (κ3) is 3.96. The minimum atomic E-state index is -1.43. The van der Waals surface area contributed by atoms with Gasteiger partial charge in [0.05, 0.1) is 12.8 Å². The van der Waals surface area contributed by atoms with Crippen molar-refractivity contribution in [2.24, 2.45) is 0 Å². The summed E-state index contributed by atoms with van der Waals surface area (Å²) in [5, 5.41) is 12.4. The molecule has 0 aliphatic rings. The highest BCUT2D eigenvalue weighted by Crippen LogP contribution is 2.31. The van der Waals surface area contributed by atoms with Crippen molar-refractivity contribution in [1.82, 2.24) is 0 Å². The summed E-state index contributed by atoms with van der Waals surface area (Å²) < 4.78 is 5.23. The van der Waals surface area contributed by atoms with Crippen molar-refractivity contribution in [2.45, 2.75) is 45.6 Å². The molecule has 0 bridgehead atoms.